The fraction of sp³-hybridized carbons (Fsp3) is 0.385. The van der Waals surface area contributed by atoms with E-state index in [1.54, 1.807) is 13.8 Å². The fourth-order valence-corrected chi connectivity index (χ4v) is 2.21. The molecule has 5 nitrogen and oxygen atoms in total. The molecule has 0 unspecified atom stereocenters. The van der Waals surface area contributed by atoms with Crippen molar-refractivity contribution >= 4 is 12.0 Å². The van der Waals surface area contributed by atoms with E-state index < -0.39 is 17.6 Å². The molecule has 0 aromatic heterocycles. The predicted molar refractivity (Wildman–Crippen MR) is 65.6 cm³/mol. The van der Waals surface area contributed by atoms with Gasteiger partial charge in [-0.3, -0.25) is 4.79 Å². The second-order valence-electron chi connectivity index (χ2n) is 4.94. The van der Waals surface area contributed by atoms with E-state index in [9.17, 15) is 9.59 Å². The molecular formula is C13H16N2O3. The van der Waals surface area contributed by atoms with Crippen LogP contribution in [0.4, 0.5) is 4.79 Å². The Balaban J connectivity index is 2.35. The highest BCUT2D eigenvalue weighted by Crippen LogP contribution is 2.39. The molecule has 0 radical (unpaired) electrons. The Kier molecular flexibility index (Phi) is 2.98. The number of ether oxygens (including phenoxy) is 1. The van der Waals surface area contributed by atoms with Crippen LogP contribution in [0.2, 0.25) is 0 Å². The summed E-state index contributed by atoms with van der Waals surface area (Å²) < 4.78 is 5.12. The maximum absolute atomic E-state index is 11.9. The first-order valence-corrected chi connectivity index (χ1v) is 5.75. The second kappa shape index (κ2) is 4.33. The highest BCUT2D eigenvalue weighted by molar-refractivity contribution is 5.86. The van der Waals surface area contributed by atoms with Crippen LogP contribution >= 0.6 is 0 Å². The zero-order valence-electron chi connectivity index (χ0n) is 10.3. The number of hydrogen-bond acceptors (Lipinski definition) is 3. The van der Waals surface area contributed by atoms with Crippen LogP contribution in [0.5, 0.6) is 0 Å². The van der Waals surface area contributed by atoms with Gasteiger partial charge in [-0.1, -0.05) is 30.3 Å². The van der Waals surface area contributed by atoms with Crippen LogP contribution in [0.25, 0.3) is 0 Å². The van der Waals surface area contributed by atoms with Gasteiger partial charge in [0.05, 0.1) is 11.5 Å². The van der Waals surface area contributed by atoms with Crippen LogP contribution < -0.4 is 11.1 Å². The average molecular weight is 248 g/mol. The molecule has 5 heteroatoms. The first-order chi connectivity index (χ1) is 8.43. The smallest absolute Gasteiger partial charge is 0.404 e. The third-order valence-electron chi connectivity index (χ3n) is 3.29. The normalized spacial score (nSPS) is 25.6. The van der Waals surface area contributed by atoms with E-state index in [1.165, 1.54) is 0 Å². The van der Waals surface area contributed by atoms with Crippen molar-refractivity contribution in [3.63, 3.8) is 0 Å². The van der Waals surface area contributed by atoms with Gasteiger partial charge in [0, 0.05) is 0 Å². The molecule has 1 saturated heterocycles. The van der Waals surface area contributed by atoms with Crippen molar-refractivity contribution in [1.29, 1.82) is 0 Å². The number of nitrogens with two attached hydrogens (primary N) is 1. The van der Waals surface area contributed by atoms with Crippen molar-refractivity contribution in [1.82, 2.24) is 5.32 Å². The Bertz CT molecular complexity index is 470. The first kappa shape index (κ1) is 12.4. The molecule has 3 N–H and O–H groups in total. The van der Waals surface area contributed by atoms with Crippen molar-refractivity contribution in [3.05, 3.63) is 35.9 Å². The van der Waals surface area contributed by atoms with Crippen LogP contribution in [0, 0.1) is 5.41 Å². The summed E-state index contributed by atoms with van der Waals surface area (Å²) >= 11 is 0. The van der Waals surface area contributed by atoms with Gasteiger partial charge >= 0.3 is 6.09 Å². The van der Waals surface area contributed by atoms with Crippen molar-refractivity contribution in [2.24, 2.45) is 11.1 Å². The lowest BCUT2D eigenvalue weighted by Crippen LogP contribution is -2.37. The highest BCUT2D eigenvalue weighted by atomic mass is 16.6. The molecule has 0 bridgehead atoms. The number of amides is 2. The van der Waals surface area contributed by atoms with E-state index in [2.05, 4.69) is 5.32 Å². The molecule has 1 fully saturated rings. The van der Waals surface area contributed by atoms with Crippen molar-refractivity contribution in [2.45, 2.75) is 26.0 Å². The number of nitrogens with one attached hydrogen (secondary N) is 1. The van der Waals surface area contributed by atoms with Gasteiger partial charge in [0.25, 0.3) is 0 Å². The van der Waals surface area contributed by atoms with Gasteiger partial charge in [-0.2, -0.15) is 0 Å². The topological polar surface area (TPSA) is 81.4 Å². The molecule has 96 valence electrons. The zero-order chi connectivity index (χ0) is 13.3. The van der Waals surface area contributed by atoms with Gasteiger partial charge < -0.3 is 15.8 Å². The van der Waals surface area contributed by atoms with Crippen LogP contribution in [-0.4, -0.2) is 18.1 Å². The molecule has 2 amide bonds. The summed E-state index contributed by atoms with van der Waals surface area (Å²) in [7, 11) is 0. The zero-order valence-corrected chi connectivity index (χ0v) is 10.3. The third kappa shape index (κ3) is 2.03. The van der Waals surface area contributed by atoms with E-state index in [4.69, 9.17) is 10.5 Å². The number of primary amides is 1. The van der Waals surface area contributed by atoms with E-state index in [0.717, 1.165) is 5.56 Å². The highest BCUT2D eigenvalue weighted by Gasteiger charge is 2.51. The molecule has 0 spiro atoms. The first-order valence-electron chi connectivity index (χ1n) is 5.75. The maximum Gasteiger partial charge on any atom is 0.404 e. The Hall–Kier alpha value is -2.04. The van der Waals surface area contributed by atoms with Crippen molar-refractivity contribution in [2.75, 3.05) is 0 Å². The fourth-order valence-electron chi connectivity index (χ4n) is 2.21. The molecule has 2 atom stereocenters. The number of hydrogen-bond donors (Lipinski definition) is 2. The summed E-state index contributed by atoms with van der Waals surface area (Å²) in [5.41, 5.74) is 5.17. The summed E-state index contributed by atoms with van der Waals surface area (Å²) in [6, 6.07) is 9.02. The number of benzene rings is 1. The lowest BCUT2D eigenvalue weighted by molar-refractivity contribution is -0.128. The Morgan fingerprint density at radius 2 is 1.94 bits per heavy atom. The number of carbonyl (C=O) groups excluding carboxylic acids is 2. The van der Waals surface area contributed by atoms with Gasteiger partial charge in [-0.05, 0) is 19.4 Å². The molecular weight excluding hydrogens is 232 g/mol. The van der Waals surface area contributed by atoms with Gasteiger partial charge in [-0.25, -0.2) is 4.79 Å². The average Bonchev–Trinajstić information content (AvgIpc) is 2.54. The predicted octanol–water partition coefficient (Wildman–Crippen LogP) is 1.35. The quantitative estimate of drug-likeness (QED) is 0.828. The molecule has 1 aromatic carbocycles. The Morgan fingerprint density at radius 1 is 1.33 bits per heavy atom. The molecule has 1 heterocycles. The van der Waals surface area contributed by atoms with Gasteiger partial charge in [0.15, 0.2) is 0 Å². The molecule has 1 aliphatic rings. The maximum atomic E-state index is 11.9. The molecule has 18 heavy (non-hydrogen) atoms. The number of carbonyl (C=O) groups is 2. The van der Waals surface area contributed by atoms with Crippen LogP contribution in [0.15, 0.2) is 30.3 Å². The number of rotatable bonds is 2. The third-order valence-corrected chi connectivity index (χ3v) is 3.29. The minimum absolute atomic E-state index is 0.150. The summed E-state index contributed by atoms with van der Waals surface area (Å²) in [5, 5.41) is 2.84. The van der Waals surface area contributed by atoms with Crippen molar-refractivity contribution < 1.29 is 14.3 Å². The minimum atomic E-state index is -0.870. The standard InChI is InChI=1S/C13H16N2O3/c1-13(2)10(18-12(14)17)9(15-11(13)16)8-6-4-3-5-7-8/h3-7,9-10H,1-2H3,(H2,14,17)(H,15,16)/t9-,10-/m0/s1. The SMILES string of the molecule is CC1(C)C(=O)N[C@@H](c2ccccc2)[C@@H]1OC(N)=O. The molecule has 0 saturated carbocycles. The van der Waals surface area contributed by atoms with E-state index in [-0.39, 0.29) is 11.9 Å². The largest absolute Gasteiger partial charge is 0.443 e. The second-order valence-corrected chi connectivity index (χ2v) is 4.94. The van der Waals surface area contributed by atoms with Crippen LogP contribution in [0.3, 0.4) is 0 Å². The van der Waals surface area contributed by atoms with Gasteiger partial charge in [-0.15, -0.1) is 0 Å². The summed E-state index contributed by atoms with van der Waals surface area (Å²) in [6.45, 7) is 3.47. The summed E-state index contributed by atoms with van der Waals surface area (Å²) in [5.74, 6) is -0.150. The molecule has 2 rings (SSSR count). The molecule has 1 aromatic rings. The van der Waals surface area contributed by atoms with Crippen LogP contribution in [0.1, 0.15) is 25.5 Å². The lowest BCUT2D eigenvalue weighted by Gasteiger charge is -2.26. The van der Waals surface area contributed by atoms with E-state index in [0.29, 0.717) is 0 Å². The Labute approximate surface area is 105 Å². The van der Waals surface area contributed by atoms with Gasteiger partial charge in [0.2, 0.25) is 5.91 Å². The lowest BCUT2D eigenvalue weighted by atomic mass is 9.84. The molecule has 1 aliphatic heterocycles. The van der Waals surface area contributed by atoms with Crippen LogP contribution in [-0.2, 0) is 9.53 Å². The van der Waals surface area contributed by atoms with E-state index >= 15 is 0 Å². The summed E-state index contributed by atoms with van der Waals surface area (Å²) in [6.07, 6.45) is -1.48. The van der Waals surface area contributed by atoms with Gasteiger partial charge in [0.1, 0.15) is 6.10 Å². The minimum Gasteiger partial charge on any atom is -0.443 e. The Morgan fingerprint density at radius 3 is 2.50 bits per heavy atom. The monoisotopic (exact) mass is 248 g/mol. The van der Waals surface area contributed by atoms with Crippen molar-refractivity contribution in [3.8, 4) is 0 Å². The summed E-state index contributed by atoms with van der Waals surface area (Å²) in [4.78, 5) is 22.9. The van der Waals surface area contributed by atoms with E-state index in [1.807, 2.05) is 30.3 Å². The molecule has 0 aliphatic carbocycles.